The molecule has 80 valence electrons. The summed E-state index contributed by atoms with van der Waals surface area (Å²) in [4.78, 5) is 22.2. The largest absolute Gasteiger partial charge is 0.480 e. The second kappa shape index (κ2) is 3.96. The van der Waals surface area contributed by atoms with Crippen molar-refractivity contribution >= 4 is 11.9 Å². The van der Waals surface area contributed by atoms with Crippen molar-refractivity contribution in [2.24, 2.45) is 11.7 Å². The lowest BCUT2D eigenvalue weighted by Gasteiger charge is -2.25. The smallest absolute Gasteiger partial charge is 0.329 e. The predicted octanol–water partition coefficient (Wildman–Crippen LogP) is -0.295. The molecule has 4 N–H and O–H groups in total. The summed E-state index contributed by atoms with van der Waals surface area (Å²) in [5, 5.41) is 11.6. The van der Waals surface area contributed by atoms with Gasteiger partial charge in [-0.2, -0.15) is 0 Å². The first-order valence-electron chi connectivity index (χ1n) is 4.75. The summed E-state index contributed by atoms with van der Waals surface area (Å²) < 4.78 is 0. The molecule has 1 aliphatic carbocycles. The van der Waals surface area contributed by atoms with Gasteiger partial charge in [-0.25, -0.2) is 4.79 Å². The number of nitrogens with one attached hydrogen (secondary N) is 1. The standard InChI is InChI=1S/C9H16N2O3/c1-9(8(13)14,6-2-3-6)11-7(12)4-5-10/h6H,2-5,10H2,1H3,(H,11,12)(H,13,14). The van der Waals surface area contributed by atoms with Crippen LogP contribution in [-0.4, -0.2) is 29.1 Å². The van der Waals surface area contributed by atoms with Gasteiger partial charge in [-0.1, -0.05) is 0 Å². The van der Waals surface area contributed by atoms with Gasteiger partial charge >= 0.3 is 5.97 Å². The summed E-state index contributed by atoms with van der Waals surface area (Å²) in [7, 11) is 0. The third kappa shape index (κ3) is 2.23. The van der Waals surface area contributed by atoms with Gasteiger partial charge in [0.25, 0.3) is 0 Å². The SMILES string of the molecule is CC(NC(=O)CCN)(C(=O)O)C1CC1. The first-order chi connectivity index (χ1) is 6.50. The number of amides is 1. The molecule has 1 fully saturated rings. The first-order valence-corrected chi connectivity index (χ1v) is 4.75. The molecule has 1 atom stereocenters. The molecule has 0 radical (unpaired) electrons. The highest BCUT2D eigenvalue weighted by molar-refractivity contribution is 5.87. The van der Waals surface area contributed by atoms with Crippen LogP contribution in [0.5, 0.6) is 0 Å². The van der Waals surface area contributed by atoms with Gasteiger partial charge in [-0.3, -0.25) is 4.79 Å². The molecule has 1 amide bonds. The quantitative estimate of drug-likeness (QED) is 0.568. The predicted molar refractivity (Wildman–Crippen MR) is 50.6 cm³/mol. The molecule has 0 heterocycles. The van der Waals surface area contributed by atoms with Crippen LogP contribution in [0.4, 0.5) is 0 Å². The molecule has 0 aromatic heterocycles. The Balaban J connectivity index is 2.59. The van der Waals surface area contributed by atoms with Crippen LogP contribution in [0.2, 0.25) is 0 Å². The van der Waals surface area contributed by atoms with E-state index < -0.39 is 11.5 Å². The lowest BCUT2D eigenvalue weighted by atomic mass is 9.96. The molecule has 1 aliphatic rings. The van der Waals surface area contributed by atoms with Gasteiger partial charge in [0, 0.05) is 13.0 Å². The van der Waals surface area contributed by atoms with E-state index in [1.54, 1.807) is 6.92 Å². The summed E-state index contributed by atoms with van der Waals surface area (Å²) in [6, 6.07) is 0. The Morgan fingerprint density at radius 2 is 2.14 bits per heavy atom. The maximum absolute atomic E-state index is 11.2. The number of hydrogen-bond donors (Lipinski definition) is 3. The normalized spacial score (nSPS) is 19.9. The van der Waals surface area contributed by atoms with Crippen LogP contribution in [0.1, 0.15) is 26.2 Å². The van der Waals surface area contributed by atoms with E-state index in [9.17, 15) is 9.59 Å². The molecular formula is C9H16N2O3. The molecule has 5 heteroatoms. The Kier molecular flexibility index (Phi) is 3.10. The zero-order valence-corrected chi connectivity index (χ0v) is 8.25. The molecule has 0 spiro atoms. The summed E-state index contributed by atoms with van der Waals surface area (Å²) in [6.07, 6.45) is 1.91. The van der Waals surface area contributed by atoms with E-state index in [4.69, 9.17) is 10.8 Å². The van der Waals surface area contributed by atoms with E-state index in [2.05, 4.69) is 5.32 Å². The van der Waals surface area contributed by atoms with Crippen molar-refractivity contribution in [3.8, 4) is 0 Å². The Labute approximate surface area is 82.7 Å². The highest BCUT2D eigenvalue weighted by Crippen LogP contribution is 2.39. The minimum Gasteiger partial charge on any atom is -0.480 e. The fourth-order valence-corrected chi connectivity index (χ4v) is 1.47. The molecule has 1 rings (SSSR count). The molecule has 1 saturated carbocycles. The summed E-state index contributed by atoms with van der Waals surface area (Å²) >= 11 is 0. The fraction of sp³-hybridized carbons (Fsp3) is 0.778. The molecule has 5 nitrogen and oxygen atoms in total. The first kappa shape index (κ1) is 11.0. The van der Waals surface area contributed by atoms with E-state index in [0.29, 0.717) is 0 Å². The van der Waals surface area contributed by atoms with Crippen molar-refractivity contribution < 1.29 is 14.7 Å². The summed E-state index contributed by atoms with van der Waals surface area (Å²) in [6.45, 7) is 1.80. The molecule has 0 bridgehead atoms. The van der Waals surface area contributed by atoms with E-state index >= 15 is 0 Å². The van der Waals surface area contributed by atoms with E-state index in [-0.39, 0.29) is 24.8 Å². The van der Waals surface area contributed by atoms with Crippen molar-refractivity contribution in [1.29, 1.82) is 0 Å². The van der Waals surface area contributed by atoms with Gasteiger partial charge < -0.3 is 16.2 Å². The number of aliphatic carboxylic acids is 1. The van der Waals surface area contributed by atoms with Gasteiger partial charge in [-0.05, 0) is 25.7 Å². The molecule has 0 aromatic rings. The topological polar surface area (TPSA) is 92.4 Å². The second-order valence-corrected chi connectivity index (χ2v) is 3.87. The van der Waals surface area contributed by atoms with Crippen LogP contribution in [-0.2, 0) is 9.59 Å². The zero-order chi connectivity index (χ0) is 10.8. The average molecular weight is 200 g/mol. The highest BCUT2D eigenvalue weighted by atomic mass is 16.4. The number of hydrogen-bond acceptors (Lipinski definition) is 3. The number of nitrogens with two attached hydrogens (primary N) is 1. The lowest BCUT2D eigenvalue weighted by Crippen LogP contribution is -2.54. The Morgan fingerprint density at radius 1 is 1.57 bits per heavy atom. The highest BCUT2D eigenvalue weighted by Gasteiger charge is 2.48. The van der Waals surface area contributed by atoms with Crippen LogP contribution in [0.15, 0.2) is 0 Å². The van der Waals surface area contributed by atoms with Gasteiger partial charge in [-0.15, -0.1) is 0 Å². The minimum absolute atomic E-state index is 0.0710. The van der Waals surface area contributed by atoms with E-state index in [1.165, 1.54) is 0 Å². The Hall–Kier alpha value is -1.10. The number of carbonyl (C=O) groups excluding carboxylic acids is 1. The van der Waals surface area contributed by atoms with E-state index in [0.717, 1.165) is 12.8 Å². The summed E-state index contributed by atoms with van der Waals surface area (Å²) in [5.74, 6) is -1.18. The molecule has 0 aliphatic heterocycles. The van der Waals surface area contributed by atoms with Gasteiger partial charge in [0.1, 0.15) is 5.54 Å². The zero-order valence-electron chi connectivity index (χ0n) is 8.25. The van der Waals surface area contributed by atoms with Crippen LogP contribution in [0, 0.1) is 5.92 Å². The maximum Gasteiger partial charge on any atom is 0.329 e. The third-order valence-corrected chi connectivity index (χ3v) is 2.61. The Bertz CT molecular complexity index is 250. The molecule has 0 saturated heterocycles. The van der Waals surface area contributed by atoms with Crippen molar-refractivity contribution in [3.05, 3.63) is 0 Å². The van der Waals surface area contributed by atoms with Gasteiger partial charge in [0.15, 0.2) is 0 Å². The third-order valence-electron chi connectivity index (χ3n) is 2.61. The van der Waals surface area contributed by atoms with Crippen LogP contribution < -0.4 is 11.1 Å². The van der Waals surface area contributed by atoms with Gasteiger partial charge in [0.05, 0.1) is 0 Å². The molecular weight excluding hydrogens is 184 g/mol. The van der Waals surface area contributed by atoms with Crippen molar-refractivity contribution in [2.45, 2.75) is 31.7 Å². The number of rotatable bonds is 5. The van der Waals surface area contributed by atoms with Gasteiger partial charge in [0.2, 0.25) is 5.91 Å². The number of carbonyl (C=O) groups is 2. The van der Waals surface area contributed by atoms with E-state index in [1.807, 2.05) is 0 Å². The van der Waals surface area contributed by atoms with Crippen LogP contribution >= 0.6 is 0 Å². The molecule has 1 unspecified atom stereocenters. The number of carboxylic acid groups (broad SMARTS) is 1. The van der Waals surface area contributed by atoms with Crippen molar-refractivity contribution in [3.63, 3.8) is 0 Å². The molecule has 14 heavy (non-hydrogen) atoms. The lowest BCUT2D eigenvalue weighted by molar-refractivity contribution is -0.147. The van der Waals surface area contributed by atoms with Crippen LogP contribution in [0.25, 0.3) is 0 Å². The van der Waals surface area contributed by atoms with Crippen LogP contribution in [0.3, 0.4) is 0 Å². The summed E-state index contributed by atoms with van der Waals surface area (Å²) in [5.41, 5.74) is 4.10. The monoisotopic (exact) mass is 200 g/mol. The fourth-order valence-electron chi connectivity index (χ4n) is 1.47. The maximum atomic E-state index is 11.2. The Morgan fingerprint density at radius 3 is 2.50 bits per heavy atom. The number of carboxylic acids is 1. The van der Waals surface area contributed by atoms with Crippen molar-refractivity contribution in [2.75, 3.05) is 6.54 Å². The second-order valence-electron chi connectivity index (χ2n) is 3.87. The minimum atomic E-state index is -1.10. The molecule has 0 aromatic carbocycles. The average Bonchev–Trinajstić information content (AvgIpc) is 2.85. The van der Waals surface area contributed by atoms with Crippen molar-refractivity contribution in [1.82, 2.24) is 5.32 Å².